The number of nitrogens with zero attached hydrogens (tertiary/aromatic N) is 2. The molecule has 2 heterocycles. The second-order valence-electron chi connectivity index (χ2n) is 3.15. The van der Waals surface area contributed by atoms with Gasteiger partial charge >= 0.3 is 5.97 Å². The molecule has 0 spiro atoms. The van der Waals surface area contributed by atoms with Crippen molar-refractivity contribution in [3.05, 3.63) is 49.0 Å². The highest BCUT2D eigenvalue weighted by Gasteiger charge is 2.11. The third kappa shape index (κ3) is 2.72. The number of hydrogen-bond donors (Lipinski definition) is 0. The molecule has 0 aliphatic heterocycles. The minimum atomic E-state index is -0.608. The summed E-state index contributed by atoms with van der Waals surface area (Å²) in [6.07, 6.45) is 1.21. The first-order valence-electron chi connectivity index (χ1n) is 4.71. The van der Waals surface area contributed by atoms with Gasteiger partial charge in [-0.3, -0.25) is 4.79 Å². The zero-order chi connectivity index (χ0) is 13.1. The highest BCUT2D eigenvalue weighted by molar-refractivity contribution is 7.11. The summed E-state index contributed by atoms with van der Waals surface area (Å²) in [5.41, 5.74) is -0.608. The average Bonchev–Trinajstić information content (AvgIpc) is 2.89. The van der Waals surface area contributed by atoms with E-state index in [2.05, 4.69) is 5.10 Å². The molecule has 5 nitrogen and oxygen atoms in total. The molecule has 2 rings (SSSR count). The fourth-order valence-corrected chi connectivity index (χ4v) is 2.01. The van der Waals surface area contributed by atoms with Crippen LogP contribution in [-0.4, -0.2) is 15.7 Å². The smallest absolute Gasteiger partial charge is 0.350 e. The van der Waals surface area contributed by atoms with E-state index >= 15 is 0 Å². The Bertz CT molecular complexity index is 625. The van der Waals surface area contributed by atoms with Crippen molar-refractivity contribution in [1.82, 2.24) is 9.78 Å². The second-order valence-corrected chi connectivity index (χ2v) is 4.88. The molecule has 2 aromatic heterocycles. The van der Waals surface area contributed by atoms with Gasteiger partial charge in [0.25, 0.3) is 5.56 Å². The lowest BCUT2D eigenvalue weighted by atomic mass is 10.5. The van der Waals surface area contributed by atoms with E-state index in [1.165, 1.54) is 17.5 Å². The van der Waals surface area contributed by atoms with E-state index in [0.29, 0.717) is 4.88 Å². The molecule has 0 radical (unpaired) electrons. The van der Waals surface area contributed by atoms with Crippen molar-refractivity contribution in [1.29, 1.82) is 0 Å². The van der Waals surface area contributed by atoms with Gasteiger partial charge in [0.2, 0.25) is 0 Å². The summed E-state index contributed by atoms with van der Waals surface area (Å²) < 4.78 is 5.83. The van der Waals surface area contributed by atoms with Gasteiger partial charge in [-0.15, -0.1) is 11.3 Å². The van der Waals surface area contributed by atoms with Crippen LogP contribution in [0.4, 0.5) is 0 Å². The van der Waals surface area contributed by atoms with Crippen LogP contribution < -0.4 is 5.56 Å². The van der Waals surface area contributed by atoms with Crippen molar-refractivity contribution < 1.29 is 9.53 Å². The predicted octanol–water partition coefficient (Wildman–Crippen LogP) is 2.43. The summed E-state index contributed by atoms with van der Waals surface area (Å²) in [4.78, 5) is 23.6. The van der Waals surface area contributed by atoms with Gasteiger partial charge < -0.3 is 4.74 Å². The Hall–Kier alpha value is -1.37. The van der Waals surface area contributed by atoms with Gasteiger partial charge in [-0.1, -0.05) is 29.3 Å². The highest BCUT2D eigenvalue weighted by atomic mass is 35.5. The second kappa shape index (κ2) is 5.51. The molecule has 0 saturated carbocycles. The molecule has 0 N–H and O–H groups in total. The monoisotopic (exact) mass is 304 g/mol. The van der Waals surface area contributed by atoms with Crippen molar-refractivity contribution in [3.63, 3.8) is 0 Å². The molecule has 0 aliphatic carbocycles. The van der Waals surface area contributed by atoms with Crippen molar-refractivity contribution in [2.45, 2.75) is 6.73 Å². The first-order valence-corrected chi connectivity index (χ1v) is 6.35. The minimum Gasteiger partial charge on any atom is -0.438 e. The molecule has 0 aliphatic rings. The van der Waals surface area contributed by atoms with Crippen molar-refractivity contribution in [2.75, 3.05) is 0 Å². The fourth-order valence-electron chi connectivity index (χ4n) is 1.12. The molecule has 0 saturated heterocycles. The Morgan fingerprint density at radius 2 is 2.28 bits per heavy atom. The number of thiophene rings is 1. The van der Waals surface area contributed by atoms with Crippen LogP contribution in [-0.2, 0) is 11.5 Å². The van der Waals surface area contributed by atoms with Crippen LogP contribution in [0.25, 0.3) is 0 Å². The third-order valence-electron chi connectivity index (χ3n) is 1.98. The maximum Gasteiger partial charge on any atom is 0.350 e. The summed E-state index contributed by atoms with van der Waals surface area (Å²) in [6, 6.07) is 3.35. The minimum absolute atomic E-state index is 0.0579. The normalized spacial score (nSPS) is 10.3. The molecule has 18 heavy (non-hydrogen) atoms. The summed E-state index contributed by atoms with van der Waals surface area (Å²) in [6.45, 7) is -0.313. The molecular formula is C10H6Cl2N2O3S. The van der Waals surface area contributed by atoms with Gasteiger partial charge in [0.15, 0.2) is 6.73 Å². The van der Waals surface area contributed by atoms with Crippen molar-refractivity contribution in [2.24, 2.45) is 0 Å². The zero-order valence-electron chi connectivity index (χ0n) is 8.80. The van der Waals surface area contributed by atoms with Crippen LogP contribution in [0.15, 0.2) is 28.5 Å². The van der Waals surface area contributed by atoms with Crippen molar-refractivity contribution >= 4 is 40.5 Å². The van der Waals surface area contributed by atoms with Crippen LogP contribution in [0.3, 0.4) is 0 Å². The Labute approximate surface area is 116 Å². The van der Waals surface area contributed by atoms with E-state index in [9.17, 15) is 9.59 Å². The maximum absolute atomic E-state index is 11.6. The van der Waals surface area contributed by atoms with E-state index in [4.69, 9.17) is 27.9 Å². The van der Waals surface area contributed by atoms with E-state index in [1.54, 1.807) is 17.5 Å². The lowest BCUT2D eigenvalue weighted by Gasteiger charge is -2.05. The lowest BCUT2D eigenvalue weighted by molar-refractivity contribution is 0.0346. The van der Waals surface area contributed by atoms with E-state index < -0.39 is 11.5 Å². The average molecular weight is 305 g/mol. The Morgan fingerprint density at radius 1 is 1.50 bits per heavy atom. The molecule has 0 aromatic carbocycles. The zero-order valence-corrected chi connectivity index (χ0v) is 11.1. The van der Waals surface area contributed by atoms with E-state index in [1.807, 2.05) is 0 Å². The topological polar surface area (TPSA) is 61.2 Å². The number of hydrogen-bond acceptors (Lipinski definition) is 5. The standard InChI is InChI=1S/C10H6Cl2N2O3S/c11-6-4-13-14(9(15)8(6)12)5-17-10(16)7-2-1-3-18-7/h1-4H,5H2. The van der Waals surface area contributed by atoms with Crippen LogP contribution >= 0.6 is 34.5 Å². The van der Waals surface area contributed by atoms with Crippen LogP contribution in [0.2, 0.25) is 10.0 Å². The van der Waals surface area contributed by atoms with Crippen LogP contribution in [0, 0.1) is 0 Å². The lowest BCUT2D eigenvalue weighted by Crippen LogP contribution is -2.25. The Balaban J connectivity index is 2.10. The van der Waals surface area contributed by atoms with E-state index in [-0.39, 0.29) is 16.8 Å². The predicted molar refractivity (Wildman–Crippen MR) is 68.3 cm³/mol. The highest BCUT2D eigenvalue weighted by Crippen LogP contribution is 2.14. The maximum atomic E-state index is 11.6. The van der Waals surface area contributed by atoms with Gasteiger partial charge in [0.1, 0.15) is 9.90 Å². The SMILES string of the molecule is O=C(OCn1ncc(Cl)c(Cl)c1=O)c1cccs1. The Morgan fingerprint density at radius 3 is 2.94 bits per heavy atom. The van der Waals surface area contributed by atoms with E-state index in [0.717, 1.165) is 4.68 Å². The fraction of sp³-hybridized carbons (Fsp3) is 0.100. The molecule has 0 unspecified atom stereocenters. The number of esters is 1. The first-order chi connectivity index (χ1) is 8.59. The summed E-state index contributed by atoms with van der Waals surface area (Å²) in [5.74, 6) is -0.523. The van der Waals surface area contributed by atoms with Gasteiger partial charge in [-0.2, -0.15) is 9.78 Å². The molecule has 0 amide bonds. The van der Waals surface area contributed by atoms with Gasteiger partial charge in [-0.25, -0.2) is 4.79 Å². The largest absolute Gasteiger partial charge is 0.438 e. The summed E-state index contributed by atoms with van der Waals surface area (Å²) in [5, 5.41) is 5.36. The van der Waals surface area contributed by atoms with Gasteiger partial charge in [0.05, 0.1) is 11.2 Å². The molecule has 8 heteroatoms. The quantitative estimate of drug-likeness (QED) is 0.817. The molecule has 94 valence electrons. The molecule has 2 aromatic rings. The molecule has 0 bridgehead atoms. The summed E-state index contributed by atoms with van der Waals surface area (Å²) >= 11 is 12.5. The Kier molecular flexibility index (Phi) is 4.00. The van der Waals surface area contributed by atoms with Crippen LogP contribution in [0.1, 0.15) is 9.67 Å². The number of halogens is 2. The number of carbonyl (C=O) groups is 1. The molecule has 0 atom stereocenters. The number of carbonyl (C=O) groups excluding carboxylic acids is 1. The molecular weight excluding hydrogens is 299 g/mol. The number of rotatable bonds is 3. The summed E-state index contributed by atoms with van der Waals surface area (Å²) in [7, 11) is 0. The van der Waals surface area contributed by atoms with Gasteiger partial charge in [-0.05, 0) is 11.4 Å². The third-order valence-corrected chi connectivity index (χ3v) is 3.58. The van der Waals surface area contributed by atoms with Crippen molar-refractivity contribution in [3.8, 4) is 0 Å². The van der Waals surface area contributed by atoms with Crippen LogP contribution in [0.5, 0.6) is 0 Å². The van der Waals surface area contributed by atoms with Gasteiger partial charge in [0, 0.05) is 0 Å². The number of ether oxygens (including phenoxy) is 1. The first kappa shape index (κ1) is 13.1. The molecule has 0 fully saturated rings. The number of aromatic nitrogens is 2.